The molecule has 1 aromatic carbocycles. The van der Waals surface area contributed by atoms with Crippen molar-refractivity contribution in [2.45, 2.75) is 51.2 Å². The predicted molar refractivity (Wildman–Crippen MR) is 141 cm³/mol. The number of esters is 1. The highest BCUT2D eigenvalue weighted by molar-refractivity contribution is 7.98. The molecule has 38 heavy (non-hydrogen) atoms. The number of amides is 1. The summed E-state index contributed by atoms with van der Waals surface area (Å²) in [6.07, 6.45) is 2.34. The van der Waals surface area contributed by atoms with Crippen LogP contribution < -0.4 is 4.74 Å². The summed E-state index contributed by atoms with van der Waals surface area (Å²) in [4.78, 5) is 46.2. The Morgan fingerprint density at radius 2 is 1.89 bits per heavy atom. The molecule has 12 heteroatoms. The number of aliphatic hydroxyl groups excluding tert-OH is 1. The fourth-order valence-corrected chi connectivity index (χ4v) is 6.94. The molecule has 2 aromatic heterocycles. The highest BCUT2D eigenvalue weighted by Crippen LogP contribution is 2.52. The number of hydrogen-bond acceptors (Lipinski definition) is 10. The van der Waals surface area contributed by atoms with Crippen LogP contribution in [0.4, 0.5) is 4.79 Å². The zero-order valence-electron chi connectivity index (χ0n) is 21.4. The highest BCUT2D eigenvalue weighted by Gasteiger charge is 2.60. The number of imidazole rings is 1. The van der Waals surface area contributed by atoms with Crippen molar-refractivity contribution in [3.63, 3.8) is 0 Å². The number of nitrogens with zero attached hydrogens (tertiary/aromatic N) is 3. The van der Waals surface area contributed by atoms with E-state index in [1.54, 1.807) is 37.5 Å². The van der Waals surface area contributed by atoms with Crippen LogP contribution in [0.25, 0.3) is 10.4 Å². The van der Waals surface area contributed by atoms with Crippen molar-refractivity contribution in [3.8, 4) is 5.75 Å². The summed E-state index contributed by atoms with van der Waals surface area (Å²) in [6, 6.07) is 6.43. The number of fused-ring (bicyclic) bond motifs is 2. The lowest BCUT2D eigenvalue weighted by Gasteiger charge is -2.46. The highest BCUT2D eigenvalue weighted by atomic mass is 32.2. The third-order valence-electron chi connectivity index (χ3n) is 6.76. The lowest BCUT2D eigenvalue weighted by Crippen LogP contribution is -2.63. The van der Waals surface area contributed by atoms with Gasteiger partial charge in [-0.1, -0.05) is 24.6 Å². The number of aryl methyl sites for hydroxylation is 1. The summed E-state index contributed by atoms with van der Waals surface area (Å²) in [6.45, 7) is 6.80. The van der Waals surface area contributed by atoms with E-state index in [4.69, 9.17) is 14.2 Å². The molecule has 10 nitrogen and oxygen atoms in total. The van der Waals surface area contributed by atoms with Gasteiger partial charge in [0.2, 0.25) is 12.2 Å². The molecule has 1 N–H and O–H groups in total. The molecule has 200 valence electrons. The van der Waals surface area contributed by atoms with E-state index >= 15 is 0 Å². The van der Waals surface area contributed by atoms with Crippen molar-refractivity contribution in [1.82, 2.24) is 14.3 Å². The second-order valence-electron chi connectivity index (χ2n) is 9.33. The lowest BCUT2D eigenvalue weighted by atomic mass is 9.77. The molecule has 1 amide bonds. The van der Waals surface area contributed by atoms with Gasteiger partial charge in [0.1, 0.15) is 27.6 Å². The van der Waals surface area contributed by atoms with E-state index in [0.717, 1.165) is 20.3 Å². The number of hydrogen-bond donors (Lipinski definition) is 1. The van der Waals surface area contributed by atoms with Crippen LogP contribution in [0.15, 0.2) is 47.5 Å². The summed E-state index contributed by atoms with van der Waals surface area (Å²) in [5.74, 6) is -1.73. The quantitative estimate of drug-likeness (QED) is 0.151. The minimum atomic E-state index is -1.28. The molecule has 1 fully saturated rings. The van der Waals surface area contributed by atoms with Crippen LogP contribution in [0, 0.1) is 18.8 Å². The van der Waals surface area contributed by atoms with E-state index in [1.165, 1.54) is 34.9 Å². The fourth-order valence-electron chi connectivity index (χ4n) is 5.02. The predicted octanol–water partition coefficient (Wildman–Crippen LogP) is 4.10. The van der Waals surface area contributed by atoms with E-state index in [1.807, 2.05) is 30.7 Å². The van der Waals surface area contributed by atoms with Gasteiger partial charge in [0.15, 0.2) is 0 Å². The Bertz CT molecular complexity index is 1440. The Hall–Kier alpha value is -3.35. The minimum absolute atomic E-state index is 0.0925. The monoisotopic (exact) mass is 557 g/mol. The van der Waals surface area contributed by atoms with Gasteiger partial charge in [-0.2, -0.15) is 0 Å². The van der Waals surface area contributed by atoms with Gasteiger partial charge in [0.25, 0.3) is 0 Å². The summed E-state index contributed by atoms with van der Waals surface area (Å²) in [5, 5.41) is 11.1. The average Bonchev–Trinajstić information content (AvgIpc) is 3.49. The molecule has 0 radical (unpaired) electrons. The van der Waals surface area contributed by atoms with Gasteiger partial charge in [0, 0.05) is 24.6 Å². The Balaban J connectivity index is 1.41. The second kappa shape index (κ2) is 10.1. The van der Waals surface area contributed by atoms with Crippen LogP contribution in [0.5, 0.6) is 5.75 Å². The number of carbonyl (C=O) groups is 3. The molecule has 3 aromatic rings. The van der Waals surface area contributed by atoms with Crippen LogP contribution in [0.3, 0.4) is 0 Å². The van der Waals surface area contributed by atoms with Gasteiger partial charge in [-0.05, 0) is 32.2 Å². The van der Waals surface area contributed by atoms with Crippen LogP contribution in [0.1, 0.15) is 31.2 Å². The van der Waals surface area contributed by atoms with Crippen molar-refractivity contribution in [3.05, 3.63) is 52.9 Å². The number of thioether (sulfide) groups is 1. The van der Waals surface area contributed by atoms with Gasteiger partial charge in [-0.25, -0.2) is 14.6 Å². The molecule has 0 spiro atoms. The van der Waals surface area contributed by atoms with Crippen LogP contribution in [-0.4, -0.2) is 62.1 Å². The van der Waals surface area contributed by atoms with Crippen molar-refractivity contribution in [2.24, 2.45) is 11.8 Å². The van der Waals surface area contributed by atoms with Crippen molar-refractivity contribution >= 4 is 51.5 Å². The number of benzene rings is 1. The number of β-lactam (4-membered cyclic amide) rings is 1. The third-order valence-corrected chi connectivity index (χ3v) is 8.72. The molecular formula is C26H27N3O7S2. The van der Waals surface area contributed by atoms with Gasteiger partial charge in [-0.15, -0.1) is 23.1 Å². The largest absolute Gasteiger partial charge is 0.516 e. The molecule has 5 atom stereocenters. The molecule has 4 heterocycles. The summed E-state index contributed by atoms with van der Waals surface area (Å²) < 4.78 is 17.6. The fraction of sp³-hybridized carbons (Fsp3) is 0.385. The summed E-state index contributed by atoms with van der Waals surface area (Å²) in [7, 11) is 0. The number of carbonyl (C=O) groups excluding carboxylic acids is 3. The maximum atomic E-state index is 13.5. The lowest BCUT2D eigenvalue weighted by molar-refractivity contribution is -0.172. The zero-order valence-corrected chi connectivity index (χ0v) is 23.0. The normalized spacial score (nSPS) is 22.2. The molecule has 2 aliphatic heterocycles. The first-order valence-corrected chi connectivity index (χ1v) is 14.1. The minimum Gasteiger partial charge on any atom is -0.421 e. The average molecular weight is 558 g/mol. The van der Waals surface area contributed by atoms with Crippen LogP contribution in [0.2, 0.25) is 0 Å². The smallest absolute Gasteiger partial charge is 0.421 e. The van der Waals surface area contributed by atoms with Gasteiger partial charge in [0.05, 0.1) is 22.9 Å². The van der Waals surface area contributed by atoms with Crippen molar-refractivity contribution in [1.29, 1.82) is 0 Å². The maximum Gasteiger partial charge on any atom is 0.516 e. The first-order valence-electron chi connectivity index (χ1n) is 12.0. The molecule has 5 rings (SSSR count). The van der Waals surface area contributed by atoms with Gasteiger partial charge >= 0.3 is 12.1 Å². The van der Waals surface area contributed by atoms with E-state index in [0.29, 0.717) is 11.3 Å². The van der Waals surface area contributed by atoms with Crippen LogP contribution >= 0.6 is 23.1 Å². The Morgan fingerprint density at radius 3 is 2.55 bits per heavy atom. The summed E-state index contributed by atoms with van der Waals surface area (Å²) >= 11 is 2.97. The number of ether oxygens (including phenoxy) is 3. The topological polar surface area (TPSA) is 120 Å². The molecular weight excluding hydrogens is 530 g/mol. The SMILES string of the molecule is CSc1ncn2cc(C3=C(C(=O)OC(C)OC(=O)Oc4ccc(C)cc4)N4C(=O)[C@H]([C@@H](C)O)[C@H]4[C@H]3C)sc12. The Kier molecular flexibility index (Phi) is 6.97. The van der Waals surface area contributed by atoms with Crippen molar-refractivity contribution < 1.29 is 33.7 Å². The molecule has 1 unspecified atom stereocenters. The van der Waals surface area contributed by atoms with E-state index in [9.17, 15) is 19.5 Å². The first kappa shape index (κ1) is 26.3. The Morgan fingerprint density at radius 1 is 1.18 bits per heavy atom. The van der Waals surface area contributed by atoms with E-state index in [2.05, 4.69) is 4.98 Å². The van der Waals surface area contributed by atoms with Gasteiger partial charge in [-0.3, -0.25) is 9.20 Å². The van der Waals surface area contributed by atoms with Crippen molar-refractivity contribution in [2.75, 3.05) is 6.26 Å². The molecule has 0 aliphatic carbocycles. The Labute approximate surface area is 227 Å². The molecule has 0 saturated carbocycles. The second-order valence-corrected chi connectivity index (χ2v) is 11.2. The summed E-state index contributed by atoms with van der Waals surface area (Å²) in [5.41, 5.74) is 1.74. The van der Waals surface area contributed by atoms with E-state index < -0.39 is 30.4 Å². The molecule has 1 saturated heterocycles. The molecule has 0 bridgehead atoms. The third kappa shape index (κ3) is 4.46. The molecule has 2 aliphatic rings. The maximum absolute atomic E-state index is 13.5. The first-order chi connectivity index (χ1) is 18.1. The number of aliphatic hydroxyl groups is 1. The standard InChI is InChI=1S/C26H27N3O7S2/c1-12-6-8-16(9-7-12)36-26(33)35-15(4)34-25(32)21-18(13(2)20-19(14(3)30)23(31)29(20)21)17-10-28-11-27-22(37-5)24(28)38-17/h6-11,13-15,19-20,30H,1-5H3/t13-,14+,15?,19+,20+/m0/s1. The number of thiazole rings is 1. The van der Waals surface area contributed by atoms with Crippen LogP contribution in [-0.2, 0) is 19.1 Å². The van der Waals surface area contributed by atoms with Gasteiger partial charge < -0.3 is 24.2 Å². The zero-order chi connectivity index (χ0) is 27.3. The number of rotatable bonds is 7. The van der Waals surface area contributed by atoms with E-state index in [-0.39, 0.29) is 23.6 Å². The number of aromatic nitrogens is 2.